The molecule has 29 heavy (non-hydrogen) atoms. The van der Waals surface area contributed by atoms with Gasteiger partial charge in [0.15, 0.2) is 11.5 Å². The molecule has 2 N–H and O–H groups in total. The molecule has 2 rings (SSSR count). The van der Waals surface area contributed by atoms with Crippen LogP contribution in [0.25, 0.3) is 0 Å². The van der Waals surface area contributed by atoms with Gasteiger partial charge in [0.1, 0.15) is 12.4 Å². The largest absolute Gasteiger partial charge is 0.494 e. The van der Waals surface area contributed by atoms with Gasteiger partial charge in [0.25, 0.3) is 0 Å². The van der Waals surface area contributed by atoms with Crippen LogP contribution in [0.15, 0.2) is 60.2 Å². The molecule has 0 radical (unpaired) electrons. The molecule has 0 aromatic heterocycles. The zero-order valence-electron chi connectivity index (χ0n) is 16.3. The van der Waals surface area contributed by atoms with Gasteiger partial charge >= 0.3 is 11.8 Å². The number of carbonyl (C=O) groups excluding carboxylic acids is 2. The van der Waals surface area contributed by atoms with Crippen molar-refractivity contribution < 1.29 is 23.8 Å². The summed E-state index contributed by atoms with van der Waals surface area (Å²) in [5.74, 6) is 0.0136. The summed E-state index contributed by atoms with van der Waals surface area (Å²) in [5, 5.41) is 6.27. The average molecular weight is 397 g/mol. The predicted octanol–water partition coefficient (Wildman–Crippen LogP) is 2.75. The van der Waals surface area contributed by atoms with E-state index in [2.05, 4.69) is 22.4 Å². The molecule has 0 saturated carbocycles. The summed E-state index contributed by atoms with van der Waals surface area (Å²) in [5.41, 5.74) is 3.30. The summed E-state index contributed by atoms with van der Waals surface area (Å²) in [4.78, 5) is 23.8. The van der Waals surface area contributed by atoms with Crippen molar-refractivity contribution in [3.8, 4) is 17.2 Å². The molecule has 0 aliphatic heterocycles. The van der Waals surface area contributed by atoms with Crippen molar-refractivity contribution in [3.05, 3.63) is 60.7 Å². The van der Waals surface area contributed by atoms with Crippen molar-refractivity contribution in [3.63, 3.8) is 0 Å². The molecule has 152 valence electrons. The maximum Gasteiger partial charge on any atom is 0.329 e. The van der Waals surface area contributed by atoms with Crippen LogP contribution in [0, 0.1) is 0 Å². The third-order valence-corrected chi connectivity index (χ3v) is 3.55. The SMILES string of the molecule is C=CCOc1ccc(/C=N\NC(=O)C(=O)Nc2ccc(OCC)cc2)cc1OC. The number of rotatable bonds is 9. The first kappa shape index (κ1) is 21.5. The topological polar surface area (TPSA) is 98.2 Å². The van der Waals surface area contributed by atoms with Gasteiger partial charge in [0.2, 0.25) is 0 Å². The van der Waals surface area contributed by atoms with Crippen LogP contribution in [0.4, 0.5) is 5.69 Å². The van der Waals surface area contributed by atoms with Crippen LogP contribution < -0.4 is 25.0 Å². The predicted molar refractivity (Wildman–Crippen MR) is 111 cm³/mol. The lowest BCUT2D eigenvalue weighted by Crippen LogP contribution is -2.32. The van der Waals surface area contributed by atoms with Crippen molar-refractivity contribution in [2.24, 2.45) is 5.10 Å². The van der Waals surface area contributed by atoms with Gasteiger partial charge in [0, 0.05) is 5.69 Å². The van der Waals surface area contributed by atoms with Crippen molar-refractivity contribution in [1.29, 1.82) is 0 Å². The second kappa shape index (κ2) is 11.1. The Morgan fingerprint density at radius 3 is 2.48 bits per heavy atom. The van der Waals surface area contributed by atoms with Gasteiger partial charge < -0.3 is 19.5 Å². The lowest BCUT2D eigenvalue weighted by molar-refractivity contribution is -0.136. The minimum atomic E-state index is -0.895. The standard InChI is InChI=1S/C21H23N3O5/c1-4-12-29-18-11-6-15(13-19(18)27-3)14-22-24-21(26)20(25)23-16-7-9-17(10-8-16)28-5-2/h4,6-11,13-14H,1,5,12H2,2-3H3,(H,23,25)(H,24,26)/b22-14-. The van der Waals surface area contributed by atoms with Gasteiger partial charge in [-0.1, -0.05) is 12.7 Å². The fraction of sp³-hybridized carbons (Fsp3) is 0.190. The van der Waals surface area contributed by atoms with E-state index in [1.807, 2.05) is 6.92 Å². The number of hydrazone groups is 1. The van der Waals surface area contributed by atoms with E-state index in [9.17, 15) is 9.59 Å². The molecule has 0 saturated heterocycles. The first-order chi connectivity index (χ1) is 14.1. The Hall–Kier alpha value is -3.81. The zero-order chi connectivity index (χ0) is 21.1. The first-order valence-corrected chi connectivity index (χ1v) is 8.86. The summed E-state index contributed by atoms with van der Waals surface area (Å²) in [6.07, 6.45) is 3.02. The van der Waals surface area contributed by atoms with Gasteiger partial charge in [-0.15, -0.1) is 0 Å². The maximum atomic E-state index is 11.9. The Morgan fingerprint density at radius 2 is 1.83 bits per heavy atom. The van der Waals surface area contributed by atoms with Crippen molar-refractivity contribution in [2.75, 3.05) is 25.6 Å². The third-order valence-electron chi connectivity index (χ3n) is 3.55. The second-order valence-electron chi connectivity index (χ2n) is 5.62. The fourth-order valence-corrected chi connectivity index (χ4v) is 2.24. The van der Waals surface area contributed by atoms with Crippen LogP contribution in [0.3, 0.4) is 0 Å². The summed E-state index contributed by atoms with van der Waals surface area (Å²) >= 11 is 0. The number of benzene rings is 2. The Bertz CT molecular complexity index is 878. The Balaban J connectivity index is 1.91. The van der Waals surface area contributed by atoms with E-state index >= 15 is 0 Å². The summed E-state index contributed by atoms with van der Waals surface area (Å²) in [6.45, 7) is 6.36. The van der Waals surface area contributed by atoms with Crippen LogP contribution in [-0.4, -0.2) is 38.4 Å². The molecule has 0 atom stereocenters. The number of nitrogens with one attached hydrogen (secondary N) is 2. The van der Waals surface area contributed by atoms with Crippen molar-refractivity contribution in [1.82, 2.24) is 5.43 Å². The van der Waals surface area contributed by atoms with E-state index in [1.54, 1.807) is 48.5 Å². The average Bonchev–Trinajstić information content (AvgIpc) is 2.74. The summed E-state index contributed by atoms with van der Waals surface area (Å²) in [7, 11) is 1.52. The van der Waals surface area contributed by atoms with E-state index < -0.39 is 11.8 Å². The summed E-state index contributed by atoms with van der Waals surface area (Å²) in [6, 6.07) is 11.8. The molecule has 8 nitrogen and oxygen atoms in total. The lowest BCUT2D eigenvalue weighted by Gasteiger charge is -2.09. The Labute approximate surface area is 169 Å². The molecule has 0 aliphatic rings. The van der Waals surface area contributed by atoms with Crippen LogP contribution in [0.1, 0.15) is 12.5 Å². The molecular weight excluding hydrogens is 374 g/mol. The van der Waals surface area contributed by atoms with Gasteiger partial charge in [-0.05, 0) is 55.0 Å². The van der Waals surface area contributed by atoms with Crippen LogP contribution in [-0.2, 0) is 9.59 Å². The molecule has 0 heterocycles. The second-order valence-corrected chi connectivity index (χ2v) is 5.62. The smallest absolute Gasteiger partial charge is 0.329 e. The number of carbonyl (C=O) groups is 2. The quantitative estimate of drug-likeness (QED) is 0.293. The van der Waals surface area contributed by atoms with Gasteiger partial charge in [0.05, 0.1) is 19.9 Å². The molecule has 0 unspecified atom stereocenters. The first-order valence-electron chi connectivity index (χ1n) is 8.86. The minimum absolute atomic E-state index is 0.351. The van der Waals surface area contributed by atoms with Gasteiger partial charge in [-0.25, -0.2) is 5.43 Å². The Morgan fingerprint density at radius 1 is 1.07 bits per heavy atom. The molecule has 0 bridgehead atoms. The van der Waals surface area contributed by atoms with Gasteiger partial charge in [-0.2, -0.15) is 5.10 Å². The Kier molecular flexibility index (Phi) is 8.25. The van der Waals surface area contributed by atoms with Crippen molar-refractivity contribution >= 4 is 23.7 Å². The highest BCUT2D eigenvalue weighted by Crippen LogP contribution is 2.27. The molecule has 0 fully saturated rings. The number of ether oxygens (including phenoxy) is 3. The van der Waals surface area contributed by atoms with E-state index in [0.717, 1.165) is 0 Å². The third kappa shape index (κ3) is 6.69. The molecule has 2 aromatic rings. The number of hydrogen-bond acceptors (Lipinski definition) is 6. The highest BCUT2D eigenvalue weighted by Gasteiger charge is 2.13. The number of nitrogens with zero attached hydrogens (tertiary/aromatic N) is 1. The molecule has 0 spiro atoms. The molecule has 0 aliphatic carbocycles. The van der Waals surface area contributed by atoms with Crippen molar-refractivity contribution in [2.45, 2.75) is 6.92 Å². The van der Waals surface area contributed by atoms with E-state index in [4.69, 9.17) is 14.2 Å². The number of hydrogen-bond donors (Lipinski definition) is 2. The van der Waals surface area contributed by atoms with E-state index in [0.29, 0.717) is 41.7 Å². The molecule has 8 heteroatoms. The molecule has 2 amide bonds. The van der Waals surface area contributed by atoms with Crippen LogP contribution >= 0.6 is 0 Å². The number of methoxy groups -OCH3 is 1. The molecule has 2 aromatic carbocycles. The van der Waals surface area contributed by atoms with Crippen LogP contribution in [0.2, 0.25) is 0 Å². The van der Waals surface area contributed by atoms with Crippen LogP contribution in [0.5, 0.6) is 17.2 Å². The highest BCUT2D eigenvalue weighted by molar-refractivity contribution is 6.39. The zero-order valence-corrected chi connectivity index (χ0v) is 16.3. The maximum absolute atomic E-state index is 11.9. The monoisotopic (exact) mass is 397 g/mol. The highest BCUT2D eigenvalue weighted by atomic mass is 16.5. The fourth-order valence-electron chi connectivity index (χ4n) is 2.24. The normalized spacial score (nSPS) is 10.3. The van der Waals surface area contributed by atoms with E-state index in [-0.39, 0.29) is 0 Å². The van der Waals surface area contributed by atoms with Gasteiger partial charge in [-0.3, -0.25) is 9.59 Å². The molecular formula is C21H23N3O5. The minimum Gasteiger partial charge on any atom is -0.494 e. The number of amides is 2. The lowest BCUT2D eigenvalue weighted by atomic mass is 10.2. The van der Waals surface area contributed by atoms with E-state index in [1.165, 1.54) is 13.3 Å². The summed E-state index contributed by atoms with van der Waals surface area (Å²) < 4.78 is 16.0. The number of anilines is 1.